The Morgan fingerprint density at radius 3 is 2.53 bits per heavy atom. The maximum absolute atomic E-state index is 13.1. The molecule has 2 aromatic heterocycles. The highest BCUT2D eigenvalue weighted by molar-refractivity contribution is 5.99. The summed E-state index contributed by atoms with van der Waals surface area (Å²) in [6, 6.07) is 13.4. The van der Waals surface area contributed by atoms with Crippen molar-refractivity contribution in [1.82, 2.24) is 19.9 Å². The number of para-hydroxylation sites is 2. The zero-order chi connectivity index (χ0) is 24.1. The lowest BCUT2D eigenvalue weighted by atomic mass is 10.1. The van der Waals surface area contributed by atoms with Crippen molar-refractivity contribution in [3.8, 4) is 11.5 Å². The van der Waals surface area contributed by atoms with E-state index in [4.69, 9.17) is 21.8 Å². The Bertz CT molecular complexity index is 1300. The maximum Gasteiger partial charge on any atom is 0.241 e. The molecule has 7 N–H and O–H groups in total. The number of hydrogen-bond donors (Lipinski definition) is 4. The number of hydrogen-bond acceptors (Lipinski definition) is 9. The van der Waals surface area contributed by atoms with E-state index in [0.717, 1.165) is 18.4 Å². The number of unbranched alkanes of at least 4 members (excludes halogenated alkanes) is 1. The van der Waals surface area contributed by atoms with Gasteiger partial charge in [0.05, 0.1) is 23.6 Å². The number of carbonyl (C=O) groups excluding carboxylic acids is 2. The van der Waals surface area contributed by atoms with Crippen molar-refractivity contribution in [2.45, 2.75) is 31.8 Å². The molecule has 11 heteroatoms. The van der Waals surface area contributed by atoms with Crippen LogP contribution in [0, 0.1) is 0 Å². The SMILES string of the molecule is NCCCCC(N)C(=O)Nc1ccc(C(=O)Cn2c(-c3nonc3N)nc3ccccc32)cc1. The van der Waals surface area contributed by atoms with Gasteiger partial charge >= 0.3 is 0 Å². The van der Waals surface area contributed by atoms with E-state index in [9.17, 15) is 9.59 Å². The number of Topliss-reactive ketones (excluding diaryl/α,β-unsaturated/α-hetero) is 1. The summed E-state index contributed by atoms with van der Waals surface area (Å²) in [5.41, 5.74) is 20.0. The van der Waals surface area contributed by atoms with E-state index in [-0.39, 0.29) is 29.7 Å². The number of nitrogens with two attached hydrogens (primary N) is 3. The quantitative estimate of drug-likeness (QED) is 0.202. The van der Waals surface area contributed by atoms with E-state index in [1.54, 1.807) is 28.8 Å². The van der Waals surface area contributed by atoms with Crippen molar-refractivity contribution in [1.29, 1.82) is 0 Å². The van der Waals surface area contributed by atoms with Gasteiger partial charge in [-0.1, -0.05) is 18.6 Å². The van der Waals surface area contributed by atoms with Crippen molar-refractivity contribution < 1.29 is 14.2 Å². The minimum Gasteiger partial charge on any atom is -0.379 e. The highest BCUT2D eigenvalue weighted by atomic mass is 16.6. The minimum absolute atomic E-state index is 0.000130. The molecular weight excluding hydrogens is 436 g/mol. The fourth-order valence-electron chi connectivity index (χ4n) is 3.62. The number of benzene rings is 2. The summed E-state index contributed by atoms with van der Waals surface area (Å²) in [4.78, 5) is 29.9. The smallest absolute Gasteiger partial charge is 0.241 e. The van der Waals surface area contributed by atoms with Crippen molar-refractivity contribution in [2.75, 3.05) is 17.6 Å². The molecule has 4 aromatic rings. The van der Waals surface area contributed by atoms with Gasteiger partial charge in [-0.05, 0) is 66.1 Å². The lowest BCUT2D eigenvalue weighted by Gasteiger charge is -2.12. The summed E-state index contributed by atoms with van der Waals surface area (Å²) in [6.07, 6.45) is 2.18. The average molecular weight is 463 g/mol. The molecule has 0 aliphatic rings. The molecular formula is C23H26N8O3. The molecule has 34 heavy (non-hydrogen) atoms. The van der Waals surface area contributed by atoms with Gasteiger partial charge in [0.2, 0.25) is 5.91 Å². The number of amides is 1. The third-order valence-corrected chi connectivity index (χ3v) is 5.46. The Balaban J connectivity index is 1.50. The number of anilines is 2. The first-order chi connectivity index (χ1) is 16.5. The van der Waals surface area contributed by atoms with Crippen molar-refractivity contribution in [2.24, 2.45) is 11.5 Å². The fraction of sp³-hybridized carbons (Fsp3) is 0.261. The molecule has 0 fully saturated rings. The summed E-state index contributed by atoms with van der Waals surface area (Å²) in [6.45, 7) is 0.572. The standard InChI is InChI=1S/C23H26N8O3/c24-12-4-3-5-16(25)23(33)27-15-10-8-14(9-11-15)19(32)13-31-18-7-2-1-6-17(18)28-22(31)20-21(26)30-34-29-20/h1-2,6-11,16H,3-5,12-13,24-25H2,(H2,26,30)(H,27,33). The Hall–Kier alpha value is -4.09. The second kappa shape index (κ2) is 10.2. The molecule has 2 aromatic carbocycles. The fourth-order valence-corrected chi connectivity index (χ4v) is 3.62. The second-order valence-electron chi connectivity index (χ2n) is 7.89. The summed E-state index contributed by atoms with van der Waals surface area (Å²) in [5.74, 6) is 0.0476. The molecule has 0 aliphatic carbocycles. The van der Waals surface area contributed by atoms with E-state index in [0.29, 0.717) is 35.6 Å². The molecule has 0 bridgehead atoms. The van der Waals surface area contributed by atoms with Gasteiger partial charge in [-0.2, -0.15) is 0 Å². The van der Waals surface area contributed by atoms with Crippen LogP contribution >= 0.6 is 0 Å². The minimum atomic E-state index is -0.612. The molecule has 1 atom stereocenters. The van der Waals surface area contributed by atoms with E-state index in [1.165, 1.54) is 0 Å². The predicted molar refractivity (Wildman–Crippen MR) is 128 cm³/mol. The van der Waals surface area contributed by atoms with Gasteiger partial charge in [0, 0.05) is 11.3 Å². The first-order valence-corrected chi connectivity index (χ1v) is 10.9. The van der Waals surface area contributed by atoms with Crippen molar-refractivity contribution in [3.05, 3.63) is 54.1 Å². The highest BCUT2D eigenvalue weighted by Crippen LogP contribution is 2.27. The molecule has 176 valence electrons. The zero-order valence-corrected chi connectivity index (χ0v) is 18.5. The number of aromatic nitrogens is 4. The summed E-state index contributed by atoms with van der Waals surface area (Å²) >= 11 is 0. The zero-order valence-electron chi connectivity index (χ0n) is 18.5. The van der Waals surface area contributed by atoms with E-state index >= 15 is 0 Å². The topological polar surface area (TPSA) is 181 Å². The van der Waals surface area contributed by atoms with Gasteiger partial charge in [-0.15, -0.1) is 0 Å². The van der Waals surface area contributed by atoms with Crippen LogP contribution in [0.5, 0.6) is 0 Å². The Labute approximate surface area is 195 Å². The summed E-state index contributed by atoms with van der Waals surface area (Å²) < 4.78 is 6.44. The van der Waals surface area contributed by atoms with Gasteiger partial charge in [-0.3, -0.25) is 9.59 Å². The van der Waals surface area contributed by atoms with Gasteiger partial charge in [0.1, 0.15) is 0 Å². The van der Waals surface area contributed by atoms with E-state index in [1.807, 2.05) is 24.3 Å². The van der Waals surface area contributed by atoms with Crippen molar-refractivity contribution >= 4 is 34.2 Å². The molecule has 0 saturated carbocycles. The third kappa shape index (κ3) is 4.95. The van der Waals surface area contributed by atoms with Crippen LogP contribution in [-0.4, -0.2) is 44.1 Å². The van der Waals surface area contributed by atoms with Crippen LogP contribution in [-0.2, 0) is 11.3 Å². The number of fused-ring (bicyclic) bond motifs is 1. The molecule has 4 rings (SSSR count). The third-order valence-electron chi connectivity index (χ3n) is 5.46. The largest absolute Gasteiger partial charge is 0.379 e. The number of imidazole rings is 1. The molecule has 0 spiro atoms. The van der Waals surface area contributed by atoms with Crippen LogP contribution < -0.4 is 22.5 Å². The number of rotatable bonds is 10. The molecule has 1 unspecified atom stereocenters. The number of nitrogen functional groups attached to an aromatic ring is 1. The summed E-state index contributed by atoms with van der Waals surface area (Å²) in [5, 5.41) is 10.2. The molecule has 0 radical (unpaired) electrons. The first kappa shape index (κ1) is 23.1. The van der Waals surface area contributed by atoms with Gasteiger partial charge in [0.25, 0.3) is 0 Å². The molecule has 0 aliphatic heterocycles. The monoisotopic (exact) mass is 462 g/mol. The normalized spacial score (nSPS) is 12.1. The van der Waals surface area contributed by atoms with Gasteiger partial charge in [-0.25, -0.2) is 9.61 Å². The lowest BCUT2D eigenvalue weighted by molar-refractivity contribution is -0.117. The molecule has 0 saturated heterocycles. The summed E-state index contributed by atoms with van der Waals surface area (Å²) in [7, 11) is 0. The number of carbonyl (C=O) groups is 2. The van der Waals surface area contributed by atoms with Crippen LogP contribution in [0.1, 0.15) is 29.6 Å². The lowest BCUT2D eigenvalue weighted by Crippen LogP contribution is -2.35. The molecule has 11 nitrogen and oxygen atoms in total. The Morgan fingerprint density at radius 1 is 1.06 bits per heavy atom. The second-order valence-corrected chi connectivity index (χ2v) is 7.89. The Kier molecular flexibility index (Phi) is 6.95. The number of nitrogens with one attached hydrogen (secondary N) is 1. The number of ketones is 1. The van der Waals surface area contributed by atoms with Crippen LogP contribution in [0.4, 0.5) is 11.5 Å². The first-order valence-electron chi connectivity index (χ1n) is 10.9. The maximum atomic E-state index is 13.1. The molecule has 1 amide bonds. The number of nitrogens with zero attached hydrogens (tertiary/aromatic N) is 4. The van der Waals surface area contributed by atoms with Crippen LogP contribution in [0.2, 0.25) is 0 Å². The van der Waals surface area contributed by atoms with E-state index in [2.05, 4.69) is 20.6 Å². The Morgan fingerprint density at radius 2 is 1.82 bits per heavy atom. The van der Waals surface area contributed by atoms with Gasteiger partial charge in [0.15, 0.2) is 23.1 Å². The predicted octanol–water partition coefficient (Wildman–Crippen LogP) is 1.95. The van der Waals surface area contributed by atoms with Crippen LogP contribution in [0.15, 0.2) is 53.2 Å². The highest BCUT2D eigenvalue weighted by Gasteiger charge is 2.21. The van der Waals surface area contributed by atoms with E-state index < -0.39 is 6.04 Å². The molecule has 2 heterocycles. The van der Waals surface area contributed by atoms with Crippen molar-refractivity contribution in [3.63, 3.8) is 0 Å². The van der Waals surface area contributed by atoms with Crippen LogP contribution in [0.3, 0.4) is 0 Å². The van der Waals surface area contributed by atoms with Gasteiger partial charge < -0.3 is 27.1 Å². The van der Waals surface area contributed by atoms with Crippen LogP contribution in [0.25, 0.3) is 22.6 Å². The average Bonchev–Trinajstić information content (AvgIpc) is 3.42.